The Hall–Kier alpha value is -2.82. The van der Waals surface area contributed by atoms with Crippen LogP contribution in [0, 0.1) is 6.92 Å². The Kier molecular flexibility index (Phi) is 4.57. The minimum atomic E-state index is 0.627. The molecular weight excluding hydrogens is 286 g/mol. The number of aryl methyl sites for hydroxylation is 1. The number of benzene rings is 1. The zero-order valence-corrected chi connectivity index (χ0v) is 13.3. The minimum absolute atomic E-state index is 0.627. The van der Waals surface area contributed by atoms with E-state index in [1.807, 2.05) is 48.5 Å². The highest BCUT2D eigenvalue weighted by molar-refractivity contribution is 5.63. The van der Waals surface area contributed by atoms with E-state index in [1.54, 1.807) is 6.20 Å². The summed E-state index contributed by atoms with van der Waals surface area (Å²) in [5, 5.41) is 8.26. The van der Waals surface area contributed by atoms with Gasteiger partial charge >= 0.3 is 0 Å². The van der Waals surface area contributed by atoms with Crippen molar-refractivity contribution in [1.29, 1.82) is 0 Å². The van der Waals surface area contributed by atoms with Gasteiger partial charge in [0, 0.05) is 37.5 Å². The third-order valence-electron chi connectivity index (χ3n) is 3.74. The van der Waals surface area contributed by atoms with Crippen LogP contribution >= 0.6 is 0 Å². The average Bonchev–Trinajstić information content (AvgIpc) is 2.61. The van der Waals surface area contributed by atoms with E-state index in [4.69, 9.17) is 0 Å². The summed E-state index contributed by atoms with van der Waals surface area (Å²) in [6.07, 6.45) is 4.36. The van der Waals surface area contributed by atoms with Crippen molar-refractivity contribution in [3.63, 3.8) is 0 Å². The molecule has 2 heterocycles. The van der Waals surface area contributed by atoms with Gasteiger partial charge < -0.3 is 4.90 Å². The van der Waals surface area contributed by atoms with E-state index >= 15 is 0 Å². The Morgan fingerprint density at radius 2 is 1.87 bits per heavy atom. The first kappa shape index (κ1) is 15.1. The van der Waals surface area contributed by atoms with E-state index in [2.05, 4.69) is 39.2 Å². The molecule has 0 bridgehead atoms. The third-order valence-corrected chi connectivity index (χ3v) is 3.74. The van der Waals surface area contributed by atoms with Crippen molar-refractivity contribution in [3.05, 3.63) is 66.1 Å². The predicted octanol–water partition coefficient (Wildman–Crippen LogP) is 2.92. The normalized spacial score (nSPS) is 10.5. The van der Waals surface area contributed by atoms with Crippen molar-refractivity contribution in [2.24, 2.45) is 0 Å². The van der Waals surface area contributed by atoms with Gasteiger partial charge in [-0.3, -0.25) is 4.98 Å². The van der Waals surface area contributed by atoms with Crippen LogP contribution in [-0.2, 0) is 6.42 Å². The molecule has 5 nitrogen and oxygen atoms in total. The van der Waals surface area contributed by atoms with Crippen molar-refractivity contribution in [2.45, 2.75) is 13.3 Å². The zero-order valence-electron chi connectivity index (χ0n) is 13.3. The molecule has 0 unspecified atom stereocenters. The highest BCUT2D eigenvalue weighted by atomic mass is 15.3. The maximum atomic E-state index is 4.65. The fourth-order valence-corrected chi connectivity index (χ4v) is 2.37. The van der Waals surface area contributed by atoms with Gasteiger partial charge in [0.1, 0.15) is 0 Å². The second-order valence-electron chi connectivity index (χ2n) is 5.45. The molecule has 23 heavy (non-hydrogen) atoms. The molecule has 0 amide bonds. The molecule has 0 spiro atoms. The minimum Gasteiger partial charge on any atom is -0.342 e. The first-order chi connectivity index (χ1) is 11.2. The molecule has 0 aliphatic carbocycles. The van der Waals surface area contributed by atoms with Crippen LogP contribution in [0.1, 0.15) is 11.3 Å². The summed E-state index contributed by atoms with van der Waals surface area (Å²) < 4.78 is 0. The van der Waals surface area contributed by atoms with Crippen LogP contribution in [0.4, 0.5) is 5.95 Å². The molecule has 0 atom stereocenters. The van der Waals surface area contributed by atoms with Crippen LogP contribution in [0.25, 0.3) is 11.3 Å². The van der Waals surface area contributed by atoms with Crippen LogP contribution in [0.15, 0.2) is 54.9 Å². The van der Waals surface area contributed by atoms with E-state index in [1.165, 1.54) is 5.56 Å². The number of rotatable bonds is 5. The molecule has 0 saturated heterocycles. The molecule has 0 aliphatic rings. The number of nitrogens with zero attached hydrogens (tertiary/aromatic N) is 5. The lowest BCUT2D eigenvalue weighted by atomic mass is 10.1. The van der Waals surface area contributed by atoms with Gasteiger partial charge in [0.05, 0.1) is 11.9 Å². The van der Waals surface area contributed by atoms with Crippen LogP contribution < -0.4 is 4.90 Å². The molecule has 0 N–H and O–H groups in total. The highest BCUT2D eigenvalue weighted by Crippen LogP contribution is 2.21. The number of aromatic nitrogens is 4. The number of hydrogen-bond donors (Lipinski definition) is 0. The Bertz CT molecular complexity index is 773. The van der Waals surface area contributed by atoms with Gasteiger partial charge in [0.15, 0.2) is 0 Å². The van der Waals surface area contributed by atoms with Crippen LogP contribution in [0.2, 0.25) is 0 Å². The van der Waals surface area contributed by atoms with E-state index < -0.39 is 0 Å². The van der Waals surface area contributed by atoms with Gasteiger partial charge in [-0.05, 0) is 24.6 Å². The molecule has 3 aromatic rings. The molecule has 2 aromatic heterocycles. The Labute approximate surface area is 136 Å². The maximum Gasteiger partial charge on any atom is 0.245 e. The lowest BCUT2D eigenvalue weighted by Crippen LogP contribution is -2.23. The van der Waals surface area contributed by atoms with E-state index in [-0.39, 0.29) is 0 Å². The van der Waals surface area contributed by atoms with Crippen LogP contribution in [0.5, 0.6) is 0 Å². The highest BCUT2D eigenvalue weighted by Gasteiger charge is 2.09. The molecule has 5 heteroatoms. The van der Waals surface area contributed by atoms with Gasteiger partial charge in [-0.15, -0.1) is 5.10 Å². The molecule has 1 aromatic carbocycles. The van der Waals surface area contributed by atoms with E-state index in [0.717, 1.165) is 29.9 Å². The number of likely N-dealkylation sites (N-methyl/N-ethyl adjacent to an activating group) is 1. The second-order valence-corrected chi connectivity index (χ2v) is 5.45. The number of anilines is 1. The average molecular weight is 305 g/mol. The summed E-state index contributed by atoms with van der Waals surface area (Å²) in [6, 6.07) is 14.1. The Morgan fingerprint density at radius 3 is 2.65 bits per heavy atom. The standard InChI is InChI=1S/C18H19N5/c1-14-7-3-4-9-16(14)17-13-20-22-18(21-17)23(2)12-10-15-8-5-6-11-19-15/h3-9,11,13H,10,12H2,1-2H3. The summed E-state index contributed by atoms with van der Waals surface area (Å²) in [5.41, 5.74) is 4.16. The van der Waals surface area contributed by atoms with E-state index in [9.17, 15) is 0 Å². The molecular formula is C18H19N5. The molecule has 3 rings (SSSR count). The second kappa shape index (κ2) is 6.96. The fourth-order valence-electron chi connectivity index (χ4n) is 2.37. The summed E-state index contributed by atoms with van der Waals surface area (Å²) in [5.74, 6) is 0.627. The van der Waals surface area contributed by atoms with Gasteiger partial charge in [0.25, 0.3) is 0 Å². The molecule has 0 saturated carbocycles. The predicted molar refractivity (Wildman–Crippen MR) is 91.2 cm³/mol. The van der Waals surface area contributed by atoms with Gasteiger partial charge in [-0.1, -0.05) is 30.3 Å². The summed E-state index contributed by atoms with van der Waals surface area (Å²) in [7, 11) is 1.97. The lowest BCUT2D eigenvalue weighted by Gasteiger charge is -2.16. The Balaban J connectivity index is 1.75. The lowest BCUT2D eigenvalue weighted by molar-refractivity contribution is 0.800. The Morgan fingerprint density at radius 1 is 1.04 bits per heavy atom. The maximum absolute atomic E-state index is 4.65. The largest absolute Gasteiger partial charge is 0.342 e. The van der Waals surface area contributed by atoms with Gasteiger partial charge in [0.2, 0.25) is 5.95 Å². The van der Waals surface area contributed by atoms with Crippen LogP contribution in [0.3, 0.4) is 0 Å². The molecule has 0 fully saturated rings. The topological polar surface area (TPSA) is 54.8 Å². The van der Waals surface area contributed by atoms with Crippen molar-refractivity contribution in [1.82, 2.24) is 20.2 Å². The molecule has 116 valence electrons. The first-order valence-electron chi connectivity index (χ1n) is 7.61. The van der Waals surface area contributed by atoms with Crippen LogP contribution in [-0.4, -0.2) is 33.8 Å². The SMILES string of the molecule is Cc1ccccc1-c1cnnc(N(C)CCc2ccccn2)n1. The first-order valence-corrected chi connectivity index (χ1v) is 7.61. The van der Waals surface area contributed by atoms with E-state index in [0.29, 0.717) is 5.95 Å². The quantitative estimate of drug-likeness (QED) is 0.725. The molecule has 0 aliphatic heterocycles. The summed E-state index contributed by atoms with van der Waals surface area (Å²) in [6.45, 7) is 2.86. The monoisotopic (exact) mass is 305 g/mol. The summed E-state index contributed by atoms with van der Waals surface area (Å²) in [4.78, 5) is 11.0. The van der Waals surface area contributed by atoms with Crippen molar-refractivity contribution >= 4 is 5.95 Å². The van der Waals surface area contributed by atoms with Crippen molar-refractivity contribution in [2.75, 3.05) is 18.5 Å². The third kappa shape index (κ3) is 3.69. The molecule has 0 radical (unpaired) electrons. The van der Waals surface area contributed by atoms with Gasteiger partial charge in [-0.2, -0.15) is 5.10 Å². The smallest absolute Gasteiger partial charge is 0.245 e. The van der Waals surface area contributed by atoms with Crippen molar-refractivity contribution in [3.8, 4) is 11.3 Å². The number of pyridine rings is 1. The number of hydrogen-bond acceptors (Lipinski definition) is 5. The summed E-state index contributed by atoms with van der Waals surface area (Å²) >= 11 is 0. The van der Waals surface area contributed by atoms with Gasteiger partial charge in [-0.25, -0.2) is 4.98 Å². The fraction of sp³-hybridized carbons (Fsp3) is 0.222. The zero-order chi connectivity index (χ0) is 16.1. The van der Waals surface area contributed by atoms with Crippen molar-refractivity contribution < 1.29 is 0 Å².